The van der Waals surface area contributed by atoms with E-state index >= 15 is 0 Å². The van der Waals surface area contributed by atoms with E-state index in [9.17, 15) is 9.59 Å². The second-order valence-electron chi connectivity index (χ2n) is 6.47. The lowest BCUT2D eigenvalue weighted by molar-refractivity contribution is 0.0518. The Labute approximate surface area is 156 Å². The molecular weight excluding hydrogens is 344 g/mol. The van der Waals surface area contributed by atoms with Crippen LogP contribution in [-0.2, 0) is 6.54 Å². The zero-order chi connectivity index (χ0) is 18.6. The molecule has 0 unspecified atom stereocenters. The first-order valence-corrected chi connectivity index (χ1v) is 8.89. The van der Waals surface area contributed by atoms with Crippen molar-refractivity contribution in [3.63, 3.8) is 0 Å². The average Bonchev–Trinajstić information content (AvgIpc) is 3.40. The molecular formula is C20H20N4O3. The normalized spacial score (nSPS) is 14.4. The molecule has 0 aliphatic carbocycles. The molecule has 1 aliphatic heterocycles. The zero-order valence-corrected chi connectivity index (χ0v) is 14.8. The predicted molar refractivity (Wildman–Crippen MR) is 98.3 cm³/mol. The molecule has 2 aromatic heterocycles. The van der Waals surface area contributed by atoms with Gasteiger partial charge in [0.15, 0.2) is 5.76 Å². The molecule has 4 rings (SSSR count). The number of rotatable bonds is 4. The Bertz CT molecular complexity index is 910. The first kappa shape index (κ1) is 17.1. The minimum Gasteiger partial charge on any atom is -0.459 e. The molecule has 138 valence electrons. The predicted octanol–water partition coefficient (Wildman–Crippen LogP) is 2.12. The van der Waals surface area contributed by atoms with Crippen LogP contribution in [0.2, 0.25) is 0 Å². The molecule has 0 atom stereocenters. The van der Waals surface area contributed by atoms with Gasteiger partial charge in [0, 0.05) is 32.4 Å². The highest BCUT2D eigenvalue weighted by atomic mass is 16.3. The van der Waals surface area contributed by atoms with Crippen molar-refractivity contribution in [2.75, 3.05) is 26.2 Å². The summed E-state index contributed by atoms with van der Waals surface area (Å²) >= 11 is 0. The average molecular weight is 364 g/mol. The Hall–Kier alpha value is -3.35. The summed E-state index contributed by atoms with van der Waals surface area (Å²) in [6.45, 7) is 2.59. The lowest BCUT2D eigenvalue weighted by atomic mass is 10.2. The van der Waals surface area contributed by atoms with Crippen molar-refractivity contribution in [2.24, 2.45) is 0 Å². The van der Waals surface area contributed by atoms with Crippen molar-refractivity contribution in [2.45, 2.75) is 6.54 Å². The molecule has 0 spiro atoms. The molecule has 0 radical (unpaired) electrons. The lowest BCUT2D eigenvalue weighted by Crippen LogP contribution is -2.50. The molecule has 7 nitrogen and oxygen atoms in total. The number of piperazine rings is 1. The molecule has 0 bridgehead atoms. The second kappa shape index (κ2) is 7.49. The summed E-state index contributed by atoms with van der Waals surface area (Å²) in [5.41, 5.74) is 1.70. The number of hydrogen-bond donors (Lipinski definition) is 0. The fourth-order valence-corrected chi connectivity index (χ4v) is 3.18. The third-order valence-electron chi connectivity index (χ3n) is 4.65. The monoisotopic (exact) mass is 364 g/mol. The van der Waals surface area contributed by atoms with Crippen LogP contribution < -0.4 is 0 Å². The van der Waals surface area contributed by atoms with Gasteiger partial charge in [0.2, 0.25) is 0 Å². The van der Waals surface area contributed by atoms with E-state index in [1.165, 1.54) is 6.26 Å². The van der Waals surface area contributed by atoms with Crippen LogP contribution in [-0.4, -0.2) is 57.6 Å². The number of furan rings is 1. The van der Waals surface area contributed by atoms with Crippen LogP contribution >= 0.6 is 0 Å². The minimum absolute atomic E-state index is 0.0561. The molecule has 1 fully saturated rings. The van der Waals surface area contributed by atoms with Gasteiger partial charge in [-0.25, -0.2) is 0 Å². The van der Waals surface area contributed by atoms with Crippen molar-refractivity contribution in [1.82, 2.24) is 19.6 Å². The van der Waals surface area contributed by atoms with Crippen LogP contribution in [0.4, 0.5) is 0 Å². The molecule has 3 aromatic rings. The van der Waals surface area contributed by atoms with Crippen LogP contribution in [0.5, 0.6) is 0 Å². The Kier molecular flexibility index (Phi) is 4.74. The number of benzene rings is 1. The van der Waals surface area contributed by atoms with Crippen LogP contribution in [0.15, 0.2) is 65.5 Å². The Morgan fingerprint density at radius 3 is 2.30 bits per heavy atom. The van der Waals surface area contributed by atoms with Crippen molar-refractivity contribution in [1.29, 1.82) is 0 Å². The molecule has 1 aliphatic rings. The van der Waals surface area contributed by atoms with Crippen LogP contribution in [0.1, 0.15) is 26.5 Å². The van der Waals surface area contributed by atoms with Crippen molar-refractivity contribution in [3.05, 3.63) is 78.0 Å². The fraction of sp³-hybridized carbons (Fsp3) is 0.250. The maximum Gasteiger partial charge on any atom is 0.289 e. The fourth-order valence-electron chi connectivity index (χ4n) is 3.18. The largest absolute Gasteiger partial charge is 0.459 e. The summed E-state index contributed by atoms with van der Waals surface area (Å²) in [4.78, 5) is 28.5. The maximum atomic E-state index is 12.7. The first-order valence-electron chi connectivity index (χ1n) is 8.89. The van der Waals surface area contributed by atoms with Gasteiger partial charge in [-0.2, -0.15) is 5.10 Å². The minimum atomic E-state index is -0.136. The molecule has 1 saturated heterocycles. The summed E-state index contributed by atoms with van der Waals surface area (Å²) < 4.78 is 6.92. The highest BCUT2D eigenvalue weighted by Gasteiger charge is 2.27. The van der Waals surface area contributed by atoms with Gasteiger partial charge in [-0.05, 0) is 17.7 Å². The van der Waals surface area contributed by atoms with Gasteiger partial charge in [-0.1, -0.05) is 30.3 Å². The quantitative estimate of drug-likeness (QED) is 0.711. The number of hydrogen-bond acceptors (Lipinski definition) is 4. The van der Waals surface area contributed by atoms with E-state index in [2.05, 4.69) is 5.10 Å². The van der Waals surface area contributed by atoms with E-state index in [0.717, 1.165) is 5.56 Å². The molecule has 0 N–H and O–H groups in total. The Morgan fingerprint density at radius 1 is 0.926 bits per heavy atom. The highest BCUT2D eigenvalue weighted by molar-refractivity contribution is 5.94. The van der Waals surface area contributed by atoms with Crippen LogP contribution in [0.25, 0.3) is 0 Å². The second-order valence-corrected chi connectivity index (χ2v) is 6.47. The number of nitrogens with zero attached hydrogens (tertiary/aromatic N) is 4. The van der Waals surface area contributed by atoms with Gasteiger partial charge in [-0.15, -0.1) is 0 Å². The van der Waals surface area contributed by atoms with Gasteiger partial charge in [0.05, 0.1) is 24.6 Å². The van der Waals surface area contributed by atoms with E-state index < -0.39 is 0 Å². The molecule has 0 saturated carbocycles. The van der Waals surface area contributed by atoms with Crippen molar-refractivity contribution < 1.29 is 14.0 Å². The van der Waals surface area contributed by atoms with Gasteiger partial charge in [-0.3, -0.25) is 14.3 Å². The van der Waals surface area contributed by atoms with Gasteiger partial charge < -0.3 is 14.2 Å². The van der Waals surface area contributed by atoms with E-state index in [4.69, 9.17) is 4.42 Å². The van der Waals surface area contributed by atoms with E-state index in [-0.39, 0.29) is 11.8 Å². The number of carbonyl (C=O) groups excluding carboxylic acids is 2. The van der Waals surface area contributed by atoms with Gasteiger partial charge in [0.1, 0.15) is 0 Å². The number of aromatic nitrogens is 2. The van der Waals surface area contributed by atoms with Gasteiger partial charge >= 0.3 is 0 Å². The standard InChI is InChI=1S/C20H20N4O3/c25-19(17-13-21-24(15-17)14-16-5-2-1-3-6-16)22-8-10-23(11-9-22)20(26)18-7-4-12-27-18/h1-7,12-13,15H,8-11,14H2. The summed E-state index contributed by atoms with van der Waals surface area (Å²) in [7, 11) is 0. The SMILES string of the molecule is O=C(c1cnn(Cc2ccccc2)c1)N1CCN(C(=O)c2ccco2)CC1. The molecule has 3 heterocycles. The summed E-state index contributed by atoms with van der Waals surface area (Å²) in [6, 6.07) is 13.3. The third-order valence-corrected chi connectivity index (χ3v) is 4.65. The smallest absolute Gasteiger partial charge is 0.289 e. The third kappa shape index (κ3) is 3.76. The maximum absolute atomic E-state index is 12.7. The van der Waals surface area contributed by atoms with E-state index in [1.807, 2.05) is 30.3 Å². The van der Waals surface area contributed by atoms with Crippen LogP contribution in [0, 0.1) is 0 Å². The van der Waals surface area contributed by atoms with Crippen LogP contribution in [0.3, 0.4) is 0 Å². The number of amides is 2. The summed E-state index contributed by atoms with van der Waals surface area (Å²) in [5, 5.41) is 4.30. The Morgan fingerprint density at radius 2 is 1.63 bits per heavy atom. The molecule has 1 aromatic carbocycles. The van der Waals surface area contributed by atoms with E-state index in [0.29, 0.717) is 44.0 Å². The van der Waals surface area contributed by atoms with Crippen molar-refractivity contribution in [3.8, 4) is 0 Å². The van der Waals surface area contributed by atoms with Gasteiger partial charge in [0.25, 0.3) is 11.8 Å². The Balaban J connectivity index is 1.35. The summed E-state index contributed by atoms with van der Waals surface area (Å²) in [5.74, 6) is 0.138. The first-order chi connectivity index (χ1) is 13.2. The topological polar surface area (TPSA) is 71.6 Å². The van der Waals surface area contributed by atoms with Crippen molar-refractivity contribution >= 4 is 11.8 Å². The highest BCUT2D eigenvalue weighted by Crippen LogP contribution is 2.12. The zero-order valence-electron chi connectivity index (χ0n) is 14.8. The summed E-state index contributed by atoms with van der Waals surface area (Å²) in [6.07, 6.45) is 4.86. The number of carbonyl (C=O) groups is 2. The molecule has 27 heavy (non-hydrogen) atoms. The molecule has 7 heteroatoms. The lowest BCUT2D eigenvalue weighted by Gasteiger charge is -2.34. The van der Waals surface area contributed by atoms with E-state index in [1.54, 1.807) is 39.0 Å². The molecule has 2 amide bonds.